The van der Waals surface area contributed by atoms with E-state index in [-0.39, 0.29) is 0 Å². The first-order valence-corrected chi connectivity index (χ1v) is 4.42. The standard InChI is InChI=1S/C8H14N2O4/c1-4(11)6(9)7(12)5-2-3-10(5)8(13)14/h4-6,11H,2-3,9H2,1H3,(H,13,14)/t4-,5?,6+/m1/s1. The number of ketones is 1. The summed E-state index contributed by atoms with van der Waals surface area (Å²) in [5.74, 6) is -0.409. The van der Waals surface area contributed by atoms with Crippen LogP contribution in [0.1, 0.15) is 13.3 Å². The van der Waals surface area contributed by atoms with Gasteiger partial charge in [-0.3, -0.25) is 9.69 Å². The van der Waals surface area contributed by atoms with Gasteiger partial charge in [-0.2, -0.15) is 0 Å². The van der Waals surface area contributed by atoms with Crippen LogP contribution in [0.15, 0.2) is 0 Å². The van der Waals surface area contributed by atoms with Gasteiger partial charge < -0.3 is 15.9 Å². The van der Waals surface area contributed by atoms with Crippen LogP contribution >= 0.6 is 0 Å². The topological polar surface area (TPSA) is 104 Å². The number of carbonyl (C=O) groups excluding carboxylic acids is 1. The minimum atomic E-state index is -1.12. The minimum Gasteiger partial charge on any atom is -0.465 e. The fourth-order valence-electron chi connectivity index (χ4n) is 1.37. The van der Waals surface area contributed by atoms with Crippen molar-refractivity contribution in [1.82, 2.24) is 4.90 Å². The van der Waals surface area contributed by atoms with Crippen molar-refractivity contribution in [3.63, 3.8) is 0 Å². The Hall–Kier alpha value is -1.14. The van der Waals surface area contributed by atoms with Gasteiger partial charge in [0, 0.05) is 6.54 Å². The number of rotatable bonds is 3. The quantitative estimate of drug-likeness (QED) is 0.545. The highest BCUT2D eigenvalue weighted by Crippen LogP contribution is 2.19. The summed E-state index contributed by atoms with van der Waals surface area (Å²) in [5.41, 5.74) is 5.41. The first kappa shape index (κ1) is 10.9. The molecule has 1 amide bonds. The van der Waals surface area contributed by atoms with Crippen LogP contribution < -0.4 is 5.73 Å². The Labute approximate surface area is 81.3 Å². The molecular formula is C8H14N2O4. The van der Waals surface area contributed by atoms with Gasteiger partial charge in [0.15, 0.2) is 5.78 Å². The van der Waals surface area contributed by atoms with E-state index in [0.717, 1.165) is 4.90 Å². The zero-order chi connectivity index (χ0) is 10.9. The maximum absolute atomic E-state index is 11.5. The number of carboxylic acid groups (broad SMARTS) is 1. The third kappa shape index (κ3) is 1.85. The van der Waals surface area contributed by atoms with Gasteiger partial charge in [-0.15, -0.1) is 0 Å². The zero-order valence-electron chi connectivity index (χ0n) is 7.88. The van der Waals surface area contributed by atoms with E-state index in [1.54, 1.807) is 0 Å². The van der Waals surface area contributed by atoms with E-state index in [0.29, 0.717) is 13.0 Å². The molecule has 0 aliphatic carbocycles. The molecule has 1 unspecified atom stereocenters. The second-order valence-corrected chi connectivity index (χ2v) is 3.45. The molecule has 14 heavy (non-hydrogen) atoms. The Morgan fingerprint density at radius 1 is 1.57 bits per heavy atom. The van der Waals surface area contributed by atoms with Crippen LogP contribution in [0.4, 0.5) is 4.79 Å². The van der Waals surface area contributed by atoms with Crippen molar-refractivity contribution in [2.75, 3.05) is 6.54 Å². The van der Waals surface area contributed by atoms with Gasteiger partial charge in [-0.1, -0.05) is 0 Å². The molecule has 1 aliphatic rings. The van der Waals surface area contributed by atoms with Crippen LogP contribution in [-0.2, 0) is 4.79 Å². The van der Waals surface area contributed by atoms with Crippen molar-refractivity contribution in [2.45, 2.75) is 31.5 Å². The van der Waals surface area contributed by atoms with Gasteiger partial charge >= 0.3 is 6.09 Å². The average molecular weight is 202 g/mol. The van der Waals surface area contributed by atoms with Crippen molar-refractivity contribution in [3.8, 4) is 0 Å². The third-order valence-corrected chi connectivity index (χ3v) is 2.44. The van der Waals surface area contributed by atoms with Gasteiger partial charge in [0.2, 0.25) is 0 Å². The summed E-state index contributed by atoms with van der Waals surface area (Å²) in [6.07, 6.45) is -1.57. The molecule has 1 rings (SSSR count). The van der Waals surface area contributed by atoms with Crippen molar-refractivity contribution in [3.05, 3.63) is 0 Å². The summed E-state index contributed by atoms with van der Waals surface area (Å²) < 4.78 is 0. The highest BCUT2D eigenvalue weighted by Gasteiger charge is 2.40. The summed E-state index contributed by atoms with van der Waals surface area (Å²) in [5, 5.41) is 17.7. The van der Waals surface area contributed by atoms with Crippen LogP contribution in [-0.4, -0.2) is 51.7 Å². The lowest BCUT2D eigenvalue weighted by Crippen LogP contribution is -2.60. The molecule has 0 saturated carbocycles. The Kier molecular flexibility index (Phi) is 3.07. The number of nitrogens with zero attached hydrogens (tertiary/aromatic N) is 1. The van der Waals surface area contributed by atoms with Gasteiger partial charge in [0.05, 0.1) is 18.2 Å². The third-order valence-electron chi connectivity index (χ3n) is 2.44. The van der Waals surface area contributed by atoms with E-state index in [1.165, 1.54) is 6.92 Å². The zero-order valence-corrected chi connectivity index (χ0v) is 7.88. The van der Waals surface area contributed by atoms with Crippen molar-refractivity contribution >= 4 is 11.9 Å². The SMILES string of the molecule is C[C@@H](O)[C@H](N)C(=O)C1CCN1C(=O)O. The molecule has 0 aromatic heterocycles. The molecule has 6 nitrogen and oxygen atoms in total. The molecule has 4 N–H and O–H groups in total. The summed E-state index contributed by atoms with van der Waals surface area (Å²) in [6.45, 7) is 1.77. The number of hydrogen-bond acceptors (Lipinski definition) is 4. The molecule has 0 spiro atoms. The number of carbonyl (C=O) groups is 2. The Bertz CT molecular complexity index is 254. The summed E-state index contributed by atoms with van der Waals surface area (Å²) >= 11 is 0. The maximum atomic E-state index is 11.5. The molecule has 1 fully saturated rings. The van der Waals surface area contributed by atoms with E-state index in [4.69, 9.17) is 15.9 Å². The lowest BCUT2D eigenvalue weighted by Gasteiger charge is -2.38. The van der Waals surface area contributed by atoms with Gasteiger partial charge in [-0.25, -0.2) is 4.79 Å². The van der Waals surface area contributed by atoms with Gasteiger partial charge in [0.25, 0.3) is 0 Å². The van der Waals surface area contributed by atoms with E-state index in [2.05, 4.69) is 0 Å². The van der Waals surface area contributed by atoms with Crippen molar-refractivity contribution in [2.24, 2.45) is 5.73 Å². The smallest absolute Gasteiger partial charge is 0.407 e. The molecular weight excluding hydrogens is 188 g/mol. The maximum Gasteiger partial charge on any atom is 0.407 e. The van der Waals surface area contributed by atoms with E-state index in [9.17, 15) is 9.59 Å². The van der Waals surface area contributed by atoms with Gasteiger partial charge in [0.1, 0.15) is 0 Å². The fourth-order valence-corrected chi connectivity index (χ4v) is 1.37. The van der Waals surface area contributed by atoms with Crippen LogP contribution in [0, 0.1) is 0 Å². The largest absolute Gasteiger partial charge is 0.465 e. The molecule has 0 bridgehead atoms. The molecule has 3 atom stereocenters. The number of likely N-dealkylation sites (tertiary alicyclic amines) is 1. The molecule has 1 saturated heterocycles. The first-order valence-electron chi connectivity index (χ1n) is 4.42. The lowest BCUT2D eigenvalue weighted by atomic mass is 9.93. The number of nitrogens with two attached hydrogens (primary N) is 1. The second-order valence-electron chi connectivity index (χ2n) is 3.45. The van der Waals surface area contributed by atoms with E-state index < -0.39 is 30.1 Å². The molecule has 0 aromatic carbocycles. The highest BCUT2D eigenvalue weighted by atomic mass is 16.4. The molecule has 80 valence electrons. The van der Waals surface area contributed by atoms with Crippen LogP contribution in [0.5, 0.6) is 0 Å². The van der Waals surface area contributed by atoms with E-state index >= 15 is 0 Å². The predicted molar refractivity (Wildman–Crippen MR) is 47.8 cm³/mol. The summed E-state index contributed by atoms with van der Waals surface area (Å²) in [6, 6.07) is -1.67. The Morgan fingerprint density at radius 3 is 2.43 bits per heavy atom. The Morgan fingerprint density at radius 2 is 2.14 bits per heavy atom. The number of Topliss-reactive ketones (excluding diaryl/α,β-unsaturated/α-hetero) is 1. The molecule has 0 radical (unpaired) electrons. The summed E-state index contributed by atoms with van der Waals surface area (Å²) in [7, 11) is 0. The van der Waals surface area contributed by atoms with Crippen LogP contribution in [0.3, 0.4) is 0 Å². The molecule has 6 heteroatoms. The lowest BCUT2D eigenvalue weighted by molar-refractivity contribution is -0.130. The predicted octanol–water partition coefficient (Wildman–Crippen LogP) is -0.984. The molecule has 1 aliphatic heterocycles. The molecule has 0 aromatic rings. The van der Waals surface area contributed by atoms with Gasteiger partial charge in [-0.05, 0) is 13.3 Å². The summed E-state index contributed by atoms with van der Waals surface area (Å²) in [4.78, 5) is 23.1. The fraction of sp³-hybridized carbons (Fsp3) is 0.750. The second kappa shape index (κ2) is 3.93. The average Bonchev–Trinajstić information content (AvgIpc) is 1.99. The molecule has 1 heterocycles. The number of aliphatic hydroxyl groups excluding tert-OH is 1. The number of amides is 1. The van der Waals surface area contributed by atoms with Crippen molar-refractivity contribution in [1.29, 1.82) is 0 Å². The van der Waals surface area contributed by atoms with Crippen molar-refractivity contribution < 1.29 is 19.8 Å². The van der Waals surface area contributed by atoms with Crippen LogP contribution in [0.25, 0.3) is 0 Å². The van der Waals surface area contributed by atoms with E-state index in [1.807, 2.05) is 0 Å². The number of hydrogen-bond donors (Lipinski definition) is 3. The van der Waals surface area contributed by atoms with Crippen LogP contribution in [0.2, 0.25) is 0 Å². The monoisotopic (exact) mass is 202 g/mol. The highest BCUT2D eigenvalue weighted by molar-refractivity contribution is 5.92. The first-order chi connectivity index (χ1) is 6.45. The normalized spacial score (nSPS) is 25.1. The Balaban J connectivity index is 2.58. The number of aliphatic hydroxyl groups is 1. The minimum absolute atomic E-state index is 0.359.